The van der Waals surface area contributed by atoms with E-state index in [0.29, 0.717) is 23.7 Å². The van der Waals surface area contributed by atoms with Crippen LogP contribution in [0.25, 0.3) is 0 Å². The zero-order chi connectivity index (χ0) is 16.8. The Morgan fingerprint density at radius 2 is 1.83 bits per heavy atom. The molecular weight excluding hydrogens is 304 g/mol. The van der Waals surface area contributed by atoms with E-state index >= 15 is 0 Å². The first kappa shape index (κ1) is 16.3. The highest BCUT2D eigenvalue weighted by atomic mass is 16.5. The van der Waals surface area contributed by atoms with Crippen molar-refractivity contribution in [1.82, 2.24) is 4.98 Å². The molecule has 3 rings (SSSR count). The second-order valence-electron chi connectivity index (χ2n) is 5.78. The summed E-state index contributed by atoms with van der Waals surface area (Å²) in [5, 5.41) is 0. The van der Waals surface area contributed by atoms with Gasteiger partial charge in [-0.15, -0.1) is 0 Å². The van der Waals surface area contributed by atoms with Crippen molar-refractivity contribution in [3.05, 3.63) is 48.2 Å². The van der Waals surface area contributed by atoms with Crippen LogP contribution < -0.4 is 14.4 Å². The zero-order valence-corrected chi connectivity index (χ0v) is 13.9. The van der Waals surface area contributed by atoms with Crippen molar-refractivity contribution >= 4 is 11.8 Å². The summed E-state index contributed by atoms with van der Waals surface area (Å²) in [5.74, 6) is 1.60. The minimum Gasteiger partial charge on any atom is -0.494 e. The standard InChI is InChI=1S/C19H22N2O3/c1-2-14-23-15-7-9-16(10-8-15)24-19(22)17-6-5-11-20-18(17)21-12-3-4-13-21/h5-11H,2-4,12-14H2,1H3. The van der Waals surface area contributed by atoms with Crippen LogP contribution in [-0.4, -0.2) is 30.6 Å². The number of esters is 1. The maximum atomic E-state index is 12.5. The Kier molecular flexibility index (Phi) is 5.31. The summed E-state index contributed by atoms with van der Waals surface area (Å²) >= 11 is 0. The minimum absolute atomic E-state index is 0.382. The van der Waals surface area contributed by atoms with Gasteiger partial charge in [-0.2, -0.15) is 0 Å². The van der Waals surface area contributed by atoms with E-state index in [1.807, 2.05) is 12.1 Å². The Balaban J connectivity index is 1.71. The van der Waals surface area contributed by atoms with Crippen LogP contribution in [0.3, 0.4) is 0 Å². The average molecular weight is 326 g/mol. The summed E-state index contributed by atoms with van der Waals surface area (Å²) in [7, 11) is 0. The molecule has 0 amide bonds. The Bertz CT molecular complexity index is 679. The van der Waals surface area contributed by atoms with Gasteiger partial charge in [0.25, 0.3) is 0 Å². The quantitative estimate of drug-likeness (QED) is 0.598. The van der Waals surface area contributed by atoms with Gasteiger partial charge in [0, 0.05) is 19.3 Å². The zero-order valence-electron chi connectivity index (χ0n) is 13.9. The molecule has 24 heavy (non-hydrogen) atoms. The highest BCUT2D eigenvalue weighted by molar-refractivity contribution is 5.96. The molecule has 1 saturated heterocycles. The molecule has 1 fully saturated rings. The Labute approximate surface area is 142 Å². The normalized spacial score (nSPS) is 13.8. The van der Waals surface area contributed by atoms with E-state index < -0.39 is 0 Å². The smallest absolute Gasteiger partial charge is 0.347 e. The molecule has 126 valence electrons. The second-order valence-corrected chi connectivity index (χ2v) is 5.78. The summed E-state index contributed by atoms with van der Waals surface area (Å²) in [6, 6.07) is 10.6. The van der Waals surface area contributed by atoms with Gasteiger partial charge in [0.2, 0.25) is 0 Å². The number of hydrogen-bond acceptors (Lipinski definition) is 5. The molecule has 0 aliphatic carbocycles. The second kappa shape index (κ2) is 7.81. The van der Waals surface area contributed by atoms with Crippen LogP contribution >= 0.6 is 0 Å². The number of anilines is 1. The van der Waals surface area contributed by atoms with Gasteiger partial charge < -0.3 is 14.4 Å². The van der Waals surface area contributed by atoms with Crippen molar-refractivity contribution in [2.45, 2.75) is 26.2 Å². The van der Waals surface area contributed by atoms with Crippen molar-refractivity contribution in [2.24, 2.45) is 0 Å². The Hall–Kier alpha value is -2.56. The summed E-state index contributed by atoms with van der Waals surface area (Å²) < 4.78 is 11.0. The largest absolute Gasteiger partial charge is 0.494 e. The van der Waals surface area contributed by atoms with Crippen molar-refractivity contribution in [2.75, 3.05) is 24.6 Å². The highest BCUT2D eigenvalue weighted by Crippen LogP contribution is 2.24. The summed E-state index contributed by atoms with van der Waals surface area (Å²) in [5.41, 5.74) is 0.505. The predicted octanol–water partition coefficient (Wildman–Crippen LogP) is 3.69. The molecule has 1 aromatic carbocycles. The lowest BCUT2D eigenvalue weighted by atomic mass is 10.2. The number of pyridine rings is 1. The van der Waals surface area contributed by atoms with Crippen molar-refractivity contribution in [1.29, 1.82) is 0 Å². The first-order valence-corrected chi connectivity index (χ1v) is 8.43. The van der Waals surface area contributed by atoms with Crippen LogP contribution in [0.15, 0.2) is 42.6 Å². The SMILES string of the molecule is CCCOc1ccc(OC(=O)c2cccnc2N2CCCC2)cc1. The molecule has 5 nitrogen and oxygen atoms in total. The number of hydrogen-bond donors (Lipinski definition) is 0. The summed E-state index contributed by atoms with van der Waals surface area (Å²) in [6.07, 6.45) is 4.93. The molecule has 0 unspecified atom stereocenters. The van der Waals surface area contributed by atoms with E-state index in [-0.39, 0.29) is 5.97 Å². The molecule has 0 bridgehead atoms. The van der Waals surface area contributed by atoms with Crippen LogP contribution in [0.4, 0.5) is 5.82 Å². The summed E-state index contributed by atoms with van der Waals surface area (Å²) in [4.78, 5) is 19.0. The molecule has 0 radical (unpaired) electrons. The number of aromatic nitrogens is 1. The van der Waals surface area contributed by atoms with Crippen LogP contribution in [0.2, 0.25) is 0 Å². The third kappa shape index (κ3) is 3.85. The third-order valence-corrected chi connectivity index (χ3v) is 3.92. The number of ether oxygens (including phenoxy) is 2. The number of benzene rings is 1. The third-order valence-electron chi connectivity index (χ3n) is 3.92. The monoisotopic (exact) mass is 326 g/mol. The maximum Gasteiger partial charge on any atom is 0.347 e. The van der Waals surface area contributed by atoms with E-state index in [1.54, 1.807) is 30.5 Å². The molecule has 5 heteroatoms. The van der Waals surface area contributed by atoms with E-state index in [2.05, 4.69) is 16.8 Å². The van der Waals surface area contributed by atoms with Gasteiger partial charge in [-0.05, 0) is 55.7 Å². The van der Waals surface area contributed by atoms with Gasteiger partial charge in [-0.1, -0.05) is 6.92 Å². The van der Waals surface area contributed by atoms with E-state index in [0.717, 1.165) is 38.1 Å². The van der Waals surface area contributed by atoms with E-state index in [4.69, 9.17) is 9.47 Å². The van der Waals surface area contributed by atoms with Crippen molar-refractivity contribution in [3.63, 3.8) is 0 Å². The number of rotatable bonds is 6. The van der Waals surface area contributed by atoms with Gasteiger partial charge >= 0.3 is 5.97 Å². The van der Waals surface area contributed by atoms with Crippen LogP contribution in [0.1, 0.15) is 36.5 Å². The fourth-order valence-corrected chi connectivity index (χ4v) is 2.72. The maximum absolute atomic E-state index is 12.5. The number of carbonyl (C=O) groups excluding carboxylic acids is 1. The van der Waals surface area contributed by atoms with Crippen molar-refractivity contribution in [3.8, 4) is 11.5 Å². The van der Waals surface area contributed by atoms with E-state index in [9.17, 15) is 4.79 Å². The van der Waals surface area contributed by atoms with Crippen LogP contribution in [-0.2, 0) is 0 Å². The topological polar surface area (TPSA) is 51.7 Å². The minimum atomic E-state index is -0.382. The number of carbonyl (C=O) groups is 1. The van der Waals surface area contributed by atoms with Crippen LogP contribution in [0.5, 0.6) is 11.5 Å². The van der Waals surface area contributed by atoms with Gasteiger partial charge in [0.1, 0.15) is 22.9 Å². The number of nitrogens with zero attached hydrogens (tertiary/aromatic N) is 2. The van der Waals surface area contributed by atoms with Gasteiger partial charge in [0.15, 0.2) is 0 Å². The molecule has 0 N–H and O–H groups in total. The first-order chi connectivity index (χ1) is 11.8. The lowest BCUT2D eigenvalue weighted by Gasteiger charge is -2.18. The molecule has 0 atom stereocenters. The molecule has 0 saturated carbocycles. The van der Waals surface area contributed by atoms with Gasteiger partial charge in [-0.3, -0.25) is 0 Å². The molecule has 1 aliphatic heterocycles. The summed E-state index contributed by atoms with van der Waals surface area (Å²) in [6.45, 7) is 4.59. The lowest BCUT2D eigenvalue weighted by Crippen LogP contribution is -2.23. The Morgan fingerprint density at radius 1 is 1.12 bits per heavy atom. The molecule has 0 spiro atoms. The molecule has 1 aliphatic rings. The van der Waals surface area contributed by atoms with Crippen molar-refractivity contribution < 1.29 is 14.3 Å². The lowest BCUT2D eigenvalue weighted by molar-refractivity contribution is 0.0735. The van der Waals surface area contributed by atoms with Gasteiger partial charge in [0.05, 0.1) is 6.61 Å². The van der Waals surface area contributed by atoms with E-state index in [1.165, 1.54) is 0 Å². The molecular formula is C19H22N2O3. The molecule has 2 heterocycles. The van der Waals surface area contributed by atoms with Gasteiger partial charge in [-0.25, -0.2) is 9.78 Å². The predicted molar refractivity (Wildman–Crippen MR) is 92.9 cm³/mol. The first-order valence-electron chi connectivity index (χ1n) is 8.43. The Morgan fingerprint density at radius 3 is 2.54 bits per heavy atom. The fraction of sp³-hybridized carbons (Fsp3) is 0.368. The average Bonchev–Trinajstić information content (AvgIpc) is 3.15. The molecule has 1 aromatic heterocycles. The molecule has 2 aromatic rings. The fourth-order valence-electron chi connectivity index (χ4n) is 2.72. The highest BCUT2D eigenvalue weighted by Gasteiger charge is 2.21. The van der Waals surface area contributed by atoms with Crippen LogP contribution in [0, 0.1) is 0 Å².